The number of halogens is 1. The molecule has 0 aliphatic carbocycles. The molecule has 94 valence electrons. The summed E-state index contributed by atoms with van der Waals surface area (Å²) in [6, 6.07) is 5.19. The van der Waals surface area contributed by atoms with E-state index in [0.717, 1.165) is 23.7 Å². The molecule has 0 aliphatic heterocycles. The average Bonchev–Trinajstić information content (AvgIpc) is 2.80. The molecule has 2 aromatic rings. The maximum atomic E-state index is 10.6. The number of aryl methyl sites for hydroxylation is 1. The number of aldehydes is 1. The zero-order chi connectivity index (χ0) is 13.0. The molecule has 0 N–H and O–H groups in total. The molecule has 18 heavy (non-hydrogen) atoms. The highest BCUT2D eigenvalue weighted by atomic mass is 79.9. The number of rotatable bonds is 5. The highest BCUT2D eigenvalue weighted by molar-refractivity contribution is 9.10. The molecule has 0 spiro atoms. The summed E-state index contributed by atoms with van der Waals surface area (Å²) in [5.41, 5.74) is 0.607. The Morgan fingerprint density at radius 1 is 1.50 bits per heavy atom. The minimum atomic E-state index is 0.607. The number of nitrogens with zero attached hydrogens (tertiary/aromatic N) is 2. The van der Waals surface area contributed by atoms with Crippen molar-refractivity contribution in [3.8, 4) is 11.5 Å². The topological polar surface area (TPSA) is 44.1 Å². The van der Waals surface area contributed by atoms with Gasteiger partial charge in [-0.1, -0.05) is 6.92 Å². The number of carbonyl (C=O) groups is 1. The third-order valence-corrected chi connectivity index (χ3v) is 3.00. The van der Waals surface area contributed by atoms with E-state index >= 15 is 0 Å². The summed E-state index contributed by atoms with van der Waals surface area (Å²) >= 11 is 3.37. The number of benzene rings is 1. The molecule has 0 saturated carbocycles. The highest BCUT2D eigenvalue weighted by Crippen LogP contribution is 2.29. The first-order valence-electron chi connectivity index (χ1n) is 5.68. The van der Waals surface area contributed by atoms with Gasteiger partial charge in [-0.2, -0.15) is 5.10 Å². The predicted octanol–water partition coefficient (Wildman–Crippen LogP) is 3.66. The van der Waals surface area contributed by atoms with Crippen molar-refractivity contribution in [2.75, 3.05) is 0 Å². The first-order valence-corrected chi connectivity index (χ1v) is 6.47. The summed E-state index contributed by atoms with van der Waals surface area (Å²) < 4.78 is 8.27. The molecule has 0 bridgehead atoms. The Balaban J connectivity index is 2.15. The van der Waals surface area contributed by atoms with E-state index in [0.29, 0.717) is 17.1 Å². The van der Waals surface area contributed by atoms with E-state index in [1.165, 1.54) is 0 Å². The van der Waals surface area contributed by atoms with Gasteiger partial charge >= 0.3 is 0 Å². The van der Waals surface area contributed by atoms with Crippen LogP contribution < -0.4 is 4.74 Å². The monoisotopic (exact) mass is 308 g/mol. The second kappa shape index (κ2) is 5.82. The first-order chi connectivity index (χ1) is 8.72. The quantitative estimate of drug-likeness (QED) is 0.792. The van der Waals surface area contributed by atoms with Crippen molar-refractivity contribution < 1.29 is 9.53 Å². The molecule has 0 atom stereocenters. The fourth-order valence-electron chi connectivity index (χ4n) is 1.55. The molecule has 0 aliphatic rings. The van der Waals surface area contributed by atoms with Crippen LogP contribution in [0.25, 0.3) is 0 Å². The SMILES string of the molecule is CCCn1cc(Oc2ccc(C=O)cc2Br)cn1. The Bertz CT molecular complexity index is 552. The van der Waals surface area contributed by atoms with E-state index in [-0.39, 0.29) is 0 Å². The zero-order valence-corrected chi connectivity index (χ0v) is 11.6. The van der Waals surface area contributed by atoms with Crippen LogP contribution in [0, 0.1) is 0 Å². The van der Waals surface area contributed by atoms with Gasteiger partial charge in [0.25, 0.3) is 0 Å². The maximum absolute atomic E-state index is 10.6. The van der Waals surface area contributed by atoms with Gasteiger partial charge < -0.3 is 4.74 Å². The standard InChI is InChI=1S/C13H13BrN2O2/c1-2-5-16-8-11(7-15-16)18-13-4-3-10(9-17)6-12(13)14/h3-4,6-9H,2,5H2,1H3. The van der Waals surface area contributed by atoms with Gasteiger partial charge in [0.15, 0.2) is 5.75 Å². The smallest absolute Gasteiger partial charge is 0.165 e. The van der Waals surface area contributed by atoms with Gasteiger partial charge in [-0.25, -0.2) is 0 Å². The lowest BCUT2D eigenvalue weighted by Crippen LogP contribution is -1.95. The largest absolute Gasteiger partial charge is 0.453 e. The molecular weight excluding hydrogens is 296 g/mol. The van der Waals surface area contributed by atoms with Crippen LogP contribution in [-0.2, 0) is 6.54 Å². The Labute approximate surface area is 114 Å². The van der Waals surface area contributed by atoms with Crippen LogP contribution in [0.3, 0.4) is 0 Å². The Morgan fingerprint density at radius 3 is 3.00 bits per heavy atom. The van der Waals surface area contributed by atoms with Crippen molar-refractivity contribution in [2.45, 2.75) is 19.9 Å². The number of hydrogen-bond acceptors (Lipinski definition) is 3. The molecule has 0 amide bonds. The van der Waals surface area contributed by atoms with E-state index in [1.54, 1.807) is 24.4 Å². The Hall–Kier alpha value is -1.62. The zero-order valence-electron chi connectivity index (χ0n) is 9.97. The Morgan fingerprint density at radius 2 is 2.33 bits per heavy atom. The predicted molar refractivity (Wildman–Crippen MR) is 72.1 cm³/mol. The van der Waals surface area contributed by atoms with Crippen molar-refractivity contribution in [2.24, 2.45) is 0 Å². The van der Waals surface area contributed by atoms with Crippen molar-refractivity contribution in [1.29, 1.82) is 0 Å². The van der Waals surface area contributed by atoms with Crippen LogP contribution in [0.1, 0.15) is 23.7 Å². The fraction of sp³-hybridized carbons (Fsp3) is 0.231. The first kappa shape index (κ1) is 12.8. The van der Waals surface area contributed by atoms with Crippen molar-refractivity contribution in [1.82, 2.24) is 9.78 Å². The molecule has 5 heteroatoms. The lowest BCUT2D eigenvalue weighted by atomic mass is 10.2. The van der Waals surface area contributed by atoms with E-state index in [9.17, 15) is 4.79 Å². The van der Waals surface area contributed by atoms with Gasteiger partial charge in [-0.05, 0) is 40.5 Å². The summed E-state index contributed by atoms with van der Waals surface area (Å²) in [5, 5.41) is 4.19. The van der Waals surface area contributed by atoms with Crippen LogP contribution >= 0.6 is 15.9 Å². The molecule has 0 saturated heterocycles. The van der Waals surface area contributed by atoms with Crippen molar-refractivity contribution in [3.63, 3.8) is 0 Å². The minimum Gasteiger partial charge on any atom is -0.453 e. The van der Waals surface area contributed by atoms with Gasteiger partial charge in [0.1, 0.15) is 12.0 Å². The fourth-order valence-corrected chi connectivity index (χ4v) is 2.03. The second-order valence-electron chi connectivity index (χ2n) is 3.85. The molecule has 0 unspecified atom stereocenters. The number of carbonyl (C=O) groups excluding carboxylic acids is 1. The molecule has 0 fully saturated rings. The van der Waals surface area contributed by atoms with Gasteiger partial charge in [0.2, 0.25) is 0 Å². The third kappa shape index (κ3) is 2.98. The van der Waals surface area contributed by atoms with Crippen molar-refractivity contribution in [3.05, 3.63) is 40.6 Å². The number of hydrogen-bond donors (Lipinski definition) is 0. The molecule has 4 nitrogen and oxygen atoms in total. The van der Waals surface area contributed by atoms with Gasteiger partial charge in [-0.3, -0.25) is 9.48 Å². The molecule has 1 aromatic heterocycles. The van der Waals surface area contributed by atoms with Gasteiger partial charge in [-0.15, -0.1) is 0 Å². The average molecular weight is 309 g/mol. The molecule has 1 aromatic carbocycles. The molecule has 2 rings (SSSR count). The Kier molecular flexibility index (Phi) is 4.15. The van der Waals surface area contributed by atoms with Crippen LogP contribution in [-0.4, -0.2) is 16.1 Å². The molecule has 0 radical (unpaired) electrons. The number of ether oxygens (including phenoxy) is 1. The van der Waals surface area contributed by atoms with E-state index < -0.39 is 0 Å². The third-order valence-electron chi connectivity index (χ3n) is 2.38. The van der Waals surface area contributed by atoms with Crippen LogP contribution in [0.15, 0.2) is 35.1 Å². The highest BCUT2D eigenvalue weighted by Gasteiger charge is 2.05. The van der Waals surface area contributed by atoms with E-state index in [2.05, 4.69) is 28.0 Å². The number of aromatic nitrogens is 2. The van der Waals surface area contributed by atoms with Gasteiger partial charge in [0.05, 0.1) is 16.9 Å². The van der Waals surface area contributed by atoms with Crippen LogP contribution in [0.2, 0.25) is 0 Å². The van der Waals surface area contributed by atoms with Crippen LogP contribution in [0.5, 0.6) is 11.5 Å². The summed E-state index contributed by atoms with van der Waals surface area (Å²) in [4.78, 5) is 10.6. The normalized spacial score (nSPS) is 10.3. The molecular formula is C13H13BrN2O2. The van der Waals surface area contributed by atoms with Crippen molar-refractivity contribution >= 4 is 22.2 Å². The summed E-state index contributed by atoms with van der Waals surface area (Å²) in [6.07, 6.45) is 5.35. The minimum absolute atomic E-state index is 0.607. The van der Waals surface area contributed by atoms with Crippen LogP contribution in [0.4, 0.5) is 0 Å². The second-order valence-corrected chi connectivity index (χ2v) is 4.70. The lowest BCUT2D eigenvalue weighted by molar-refractivity contribution is 0.112. The summed E-state index contributed by atoms with van der Waals surface area (Å²) in [5.74, 6) is 1.35. The van der Waals surface area contributed by atoms with E-state index in [1.807, 2.05) is 10.9 Å². The molecule has 1 heterocycles. The maximum Gasteiger partial charge on any atom is 0.165 e. The summed E-state index contributed by atoms with van der Waals surface area (Å²) in [7, 11) is 0. The lowest BCUT2D eigenvalue weighted by Gasteiger charge is -2.05. The summed E-state index contributed by atoms with van der Waals surface area (Å²) in [6.45, 7) is 2.96. The van der Waals surface area contributed by atoms with E-state index in [4.69, 9.17) is 4.74 Å². The van der Waals surface area contributed by atoms with Gasteiger partial charge in [0, 0.05) is 12.1 Å².